The standard InChI is InChI=1S/C15H17N3O3.ClH/c19-13-8-16-6-9(13)7-17-15(21)11-5-14(20)18-12-4-2-1-3-10(11)12;/h1-5,9,13,16,19H,6-8H2,(H,17,21)(H,18,20);1H. The van der Waals surface area contributed by atoms with E-state index < -0.39 is 6.10 Å². The van der Waals surface area contributed by atoms with E-state index >= 15 is 0 Å². The summed E-state index contributed by atoms with van der Waals surface area (Å²) in [5, 5.41) is 16.3. The van der Waals surface area contributed by atoms with Crippen LogP contribution in [0.25, 0.3) is 10.9 Å². The molecule has 0 saturated carbocycles. The molecule has 1 aromatic carbocycles. The van der Waals surface area contributed by atoms with Crippen LogP contribution < -0.4 is 16.2 Å². The normalized spacial score (nSPS) is 20.6. The largest absolute Gasteiger partial charge is 0.391 e. The molecule has 0 spiro atoms. The molecule has 1 amide bonds. The van der Waals surface area contributed by atoms with E-state index in [1.54, 1.807) is 18.2 Å². The van der Waals surface area contributed by atoms with Crippen molar-refractivity contribution in [3.05, 3.63) is 46.2 Å². The van der Waals surface area contributed by atoms with Crippen molar-refractivity contribution >= 4 is 29.2 Å². The van der Waals surface area contributed by atoms with Crippen LogP contribution in [0.4, 0.5) is 0 Å². The molecule has 6 nitrogen and oxygen atoms in total. The number of β-amino-alcohol motifs (C(OH)–C–C–N with tert-alkyl or cyclic N) is 1. The highest BCUT2D eigenvalue weighted by atomic mass is 35.5. The topological polar surface area (TPSA) is 94.2 Å². The minimum Gasteiger partial charge on any atom is -0.391 e. The van der Waals surface area contributed by atoms with Crippen molar-refractivity contribution in [1.82, 2.24) is 15.6 Å². The Morgan fingerprint density at radius 2 is 2.09 bits per heavy atom. The second kappa shape index (κ2) is 6.91. The van der Waals surface area contributed by atoms with Gasteiger partial charge in [-0.3, -0.25) is 9.59 Å². The number of aliphatic hydroxyl groups is 1. The first-order valence-corrected chi connectivity index (χ1v) is 6.94. The first-order valence-electron chi connectivity index (χ1n) is 6.94. The molecule has 0 bridgehead atoms. The molecule has 4 N–H and O–H groups in total. The van der Waals surface area contributed by atoms with E-state index in [4.69, 9.17) is 0 Å². The van der Waals surface area contributed by atoms with E-state index in [-0.39, 0.29) is 29.8 Å². The van der Waals surface area contributed by atoms with Gasteiger partial charge >= 0.3 is 0 Å². The summed E-state index contributed by atoms with van der Waals surface area (Å²) in [6, 6.07) is 8.49. The number of nitrogens with one attached hydrogen (secondary N) is 3. The number of carbonyl (C=O) groups is 1. The summed E-state index contributed by atoms with van der Waals surface area (Å²) < 4.78 is 0. The predicted molar refractivity (Wildman–Crippen MR) is 86.5 cm³/mol. The highest BCUT2D eigenvalue weighted by Gasteiger charge is 2.25. The number of aromatic amines is 1. The van der Waals surface area contributed by atoms with Crippen molar-refractivity contribution in [3.63, 3.8) is 0 Å². The van der Waals surface area contributed by atoms with Crippen molar-refractivity contribution in [2.24, 2.45) is 5.92 Å². The number of rotatable bonds is 3. The van der Waals surface area contributed by atoms with Gasteiger partial charge in [-0.15, -0.1) is 12.4 Å². The average Bonchev–Trinajstić information content (AvgIpc) is 2.89. The highest BCUT2D eigenvalue weighted by molar-refractivity contribution is 6.05. The molecule has 2 unspecified atom stereocenters. The monoisotopic (exact) mass is 323 g/mol. The molecule has 2 aromatic rings. The lowest BCUT2D eigenvalue weighted by molar-refractivity contribution is 0.0928. The molecule has 3 rings (SSSR count). The molecule has 0 radical (unpaired) electrons. The summed E-state index contributed by atoms with van der Waals surface area (Å²) in [6.07, 6.45) is -0.443. The number of halogens is 1. The van der Waals surface area contributed by atoms with Crippen LogP contribution in [0.1, 0.15) is 10.4 Å². The van der Waals surface area contributed by atoms with E-state index in [0.29, 0.717) is 36.1 Å². The Hall–Kier alpha value is -1.89. The Morgan fingerprint density at radius 3 is 2.82 bits per heavy atom. The number of aromatic nitrogens is 1. The van der Waals surface area contributed by atoms with E-state index in [1.165, 1.54) is 6.07 Å². The van der Waals surface area contributed by atoms with Gasteiger partial charge in [0, 0.05) is 42.5 Å². The summed E-state index contributed by atoms with van der Waals surface area (Å²) in [4.78, 5) is 26.6. The third-order valence-electron chi connectivity index (χ3n) is 3.82. The maximum atomic E-state index is 12.3. The lowest BCUT2D eigenvalue weighted by Gasteiger charge is -2.14. The number of hydrogen-bond acceptors (Lipinski definition) is 4. The molecule has 118 valence electrons. The molecule has 1 fully saturated rings. The number of carbonyl (C=O) groups excluding carboxylic acids is 1. The van der Waals surface area contributed by atoms with Crippen LogP contribution in [0.5, 0.6) is 0 Å². The molecule has 7 heteroatoms. The number of hydrogen-bond donors (Lipinski definition) is 4. The smallest absolute Gasteiger partial charge is 0.252 e. The summed E-state index contributed by atoms with van der Waals surface area (Å²) in [5.74, 6) is -0.293. The van der Waals surface area contributed by atoms with Crippen molar-refractivity contribution < 1.29 is 9.90 Å². The first kappa shape index (κ1) is 16.5. The molecule has 2 heterocycles. The van der Waals surface area contributed by atoms with Crippen molar-refractivity contribution in [2.45, 2.75) is 6.10 Å². The van der Waals surface area contributed by atoms with Gasteiger partial charge in [-0.25, -0.2) is 0 Å². The lowest BCUT2D eigenvalue weighted by Crippen LogP contribution is -2.34. The molecule has 22 heavy (non-hydrogen) atoms. The molecule has 1 saturated heterocycles. The molecule has 1 aromatic heterocycles. The summed E-state index contributed by atoms with van der Waals surface area (Å²) in [7, 11) is 0. The van der Waals surface area contributed by atoms with Crippen LogP contribution in [0, 0.1) is 5.92 Å². The van der Waals surface area contributed by atoms with Crippen molar-refractivity contribution in [1.29, 1.82) is 0 Å². The Morgan fingerprint density at radius 1 is 1.32 bits per heavy atom. The zero-order valence-corrected chi connectivity index (χ0v) is 12.7. The number of benzene rings is 1. The fraction of sp³-hybridized carbons (Fsp3) is 0.333. The van der Waals surface area contributed by atoms with Gasteiger partial charge in [-0.2, -0.15) is 0 Å². The Balaban J connectivity index is 0.00000176. The van der Waals surface area contributed by atoms with E-state index in [2.05, 4.69) is 15.6 Å². The number of pyridine rings is 1. The average molecular weight is 324 g/mol. The van der Waals surface area contributed by atoms with E-state index in [9.17, 15) is 14.7 Å². The molecule has 2 atom stereocenters. The number of para-hydroxylation sites is 1. The quantitative estimate of drug-likeness (QED) is 0.652. The Bertz CT molecular complexity index is 731. The van der Waals surface area contributed by atoms with Gasteiger partial charge in [0.05, 0.1) is 11.7 Å². The minimum atomic E-state index is -0.443. The van der Waals surface area contributed by atoms with Gasteiger partial charge < -0.3 is 20.7 Å². The van der Waals surface area contributed by atoms with Gasteiger partial charge in [-0.1, -0.05) is 18.2 Å². The SMILES string of the molecule is Cl.O=C(NCC1CNCC1O)c1cc(=O)[nH]c2ccccc12. The van der Waals surface area contributed by atoms with Gasteiger partial charge in [0.25, 0.3) is 5.91 Å². The Kier molecular flexibility index (Phi) is 5.18. The molecule has 1 aliphatic heterocycles. The van der Waals surface area contributed by atoms with Crippen LogP contribution in [-0.2, 0) is 0 Å². The fourth-order valence-corrected chi connectivity index (χ4v) is 2.64. The number of H-pyrrole nitrogens is 1. The summed E-state index contributed by atoms with van der Waals surface area (Å²) >= 11 is 0. The first-order chi connectivity index (χ1) is 10.1. The third kappa shape index (κ3) is 3.30. The zero-order valence-electron chi connectivity index (χ0n) is 11.8. The Labute approximate surface area is 133 Å². The van der Waals surface area contributed by atoms with Gasteiger partial charge in [0.2, 0.25) is 5.56 Å². The van der Waals surface area contributed by atoms with Crippen LogP contribution in [0.2, 0.25) is 0 Å². The summed E-state index contributed by atoms with van der Waals surface area (Å²) in [6.45, 7) is 1.61. The van der Waals surface area contributed by atoms with Gasteiger partial charge in [0.15, 0.2) is 0 Å². The minimum absolute atomic E-state index is 0. The second-order valence-corrected chi connectivity index (χ2v) is 5.29. The van der Waals surface area contributed by atoms with Crippen LogP contribution >= 0.6 is 12.4 Å². The lowest BCUT2D eigenvalue weighted by atomic mass is 10.1. The van der Waals surface area contributed by atoms with Crippen LogP contribution in [0.15, 0.2) is 35.1 Å². The predicted octanol–water partition coefficient (Wildman–Crippen LogP) is 0.260. The van der Waals surface area contributed by atoms with E-state index in [1.807, 2.05) is 6.07 Å². The van der Waals surface area contributed by atoms with Gasteiger partial charge in [-0.05, 0) is 6.07 Å². The number of aliphatic hydroxyl groups excluding tert-OH is 1. The highest BCUT2D eigenvalue weighted by Crippen LogP contribution is 2.15. The van der Waals surface area contributed by atoms with Crippen molar-refractivity contribution in [2.75, 3.05) is 19.6 Å². The third-order valence-corrected chi connectivity index (χ3v) is 3.82. The molecule has 0 aliphatic carbocycles. The number of amides is 1. The van der Waals surface area contributed by atoms with Crippen LogP contribution in [0.3, 0.4) is 0 Å². The molecular formula is C15H18ClN3O3. The zero-order chi connectivity index (χ0) is 14.8. The molecular weight excluding hydrogens is 306 g/mol. The summed E-state index contributed by atoms with van der Waals surface area (Å²) in [5.41, 5.74) is 0.689. The maximum Gasteiger partial charge on any atom is 0.252 e. The van der Waals surface area contributed by atoms with E-state index in [0.717, 1.165) is 0 Å². The van der Waals surface area contributed by atoms with Crippen LogP contribution in [-0.4, -0.2) is 41.7 Å². The fourth-order valence-electron chi connectivity index (χ4n) is 2.64. The molecule has 1 aliphatic rings. The second-order valence-electron chi connectivity index (χ2n) is 5.29. The van der Waals surface area contributed by atoms with Crippen molar-refractivity contribution in [3.8, 4) is 0 Å². The van der Waals surface area contributed by atoms with Gasteiger partial charge in [0.1, 0.15) is 0 Å². The maximum absolute atomic E-state index is 12.3. The number of fused-ring (bicyclic) bond motifs is 1.